The first-order chi connectivity index (χ1) is 20.5. The third-order valence-corrected chi connectivity index (χ3v) is 8.25. The topological polar surface area (TPSA) is 218 Å². The number of nitrogens with zero attached hydrogens (tertiary/aromatic N) is 1. The first-order valence-corrected chi connectivity index (χ1v) is 13.2. The lowest BCUT2D eigenvalue weighted by atomic mass is 9.73. The second kappa shape index (κ2) is 9.05. The van der Waals surface area contributed by atoms with E-state index in [2.05, 4.69) is 0 Å². The highest BCUT2D eigenvalue weighted by Gasteiger charge is 2.58. The van der Waals surface area contributed by atoms with Gasteiger partial charge >= 0.3 is 0 Å². The number of non-ortho nitro benzene ring substituents is 1. The van der Waals surface area contributed by atoms with Gasteiger partial charge in [0, 0.05) is 52.8 Å². The zero-order valence-electron chi connectivity index (χ0n) is 22.0. The van der Waals surface area contributed by atoms with Gasteiger partial charge in [0.15, 0.2) is 23.0 Å². The lowest BCUT2D eigenvalue weighted by Gasteiger charge is -2.51. The van der Waals surface area contributed by atoms with E-state index in [0.717, 1.165) is 0 Å². The molecular formula is C30H24N2O11. The van der Waals surface area contributed by atoms with Crippen LogP contribution in [0.15, 0.2) is 60.7 Å². The van der Waals surface area contributed by atoms with E-state index in [-0.39, 0.29) is 52.0 Å². The molecule has 0 amide bonds. The molecule has 13 nitrogen and oxygen atoms in total. The number of hydrogen-bond donors (Lipinski definition) is 7. The summed E-state index contributed by atoms with van der Waals surface area (Å²) in [5.74, 6) is -4.21. The average Bonchev–Trinajstić information content (AvgIpc) is 2.96. The van der Waals surface area contributed by atoms with Crippen LogP contribution in [-0.2, 0) is 12.2 Å². The van der Waals surface area contributed by atoms with E-state index >= 15 is 0 Å². The van der Waals surface area contributed by atoms with Gasteiger partial charge in [-0.1, -0.05) is 6.07 Å². The summed E-state index contributed by atoms with van der Waals surface area (Å²) in [6, 6.07) is 12.1. The van der Waals surface area contributed by atoms with E-state index in [4.69, 9.17) is 19.9 Å². The van der Waals surface area contributed by atoms with Crippen molar-refractivity contribution in [2.75, 3.05) is 0 Å². The summed E-state index contributed by atoms with van der Waals surface area (Å²) in [4.78, 5) is 11.2. The summed E-state index contributed by atoms with van der Waals surface area (Å²) < 4.78 is 19.1. The minimum absolute atomic E-state index is 0.0661. The second-order valence-electron chi connectivity index (χ2n) is 10.7. The highest BCUT2D eigenvalue weighted by atomic mass is 16.7. The van der Waals surface area contributed by atoms with Crippen molar-refractivity contribution in [3.8, 4) is 46.0 Å². The summed E-state index contributed by atoms with van der Waals surface area (Å²) in [5, 5.41) is 73.9. The van der Waals surface area contributed by atoms with Crippen LogP contribution < -0.4 is 19.9 Å². The van der Waals surface area contributed by atoms with Gasteiger partial charge in [0.2, 0.25) is 0 Å². The van der Waals surface area contributed by atoms with E-state index in [1.807, 2.05) is 0 Å². The number of fused-ring (bicyclic) bond motifs is 8. The Kier molecular flexibility index (Phi) is 5.58. The van der Waals surface area contributed by atoms with Crippen molar-refractivity contribution in [1.29, 1.82) is 0 Å². The summed E-state index contributed by atoms with van der Waals surface area (Å²) >= 11 is 0. The Hall–Kier alpha value is -5.40. The fraction of sp³-hybridized carbons (Fsp3) is 0.200. The first kappa shape index (κ1) is 26.5. The zero-order chi connectivity index (χ0) is 30.4. The molecule has 7 rings (SSSR count). The summed E-state index contributed by atoms with van der Waals surface area (Å²) in [7, 11) is 0. The van der Waals surface area contributed by atoms with Gasteiger partial charge in [-0.05, 0) is 42.0 Å². The van der Waals surface area contributed by atoms with Crippen LogP contribution in [0.1, 0.15) is 39.8 Å². The number of hydrogen-bond acceptors (Lipinski definition) is 12. The van der Waals surface area contributed by atoms with Crippen LogP contribution in [0.25, 0.3) is 0 Å². The quantitative estimate of drug-likeness (QED) is 0.104. The molecule has 43 heavy (non-hydrogen) atoms. The number of nitro groups is 1. The maximum atomic E-state index is 11.7. The largest absolute Gasteiger partial charge is 0.507 e. The Morgan fingerprint density at radius 1 is 0.837 bits per heavy atom. The van der Waals surface area contributed by atoms with Crippen LogP contribution >= 0.6 is 0 Å². The third kappa shape index (κ3) is 3.78. The van der Waals surface area contributed by atoms with Crippen LogP contribution in [0.2, 0.25) is 0 Å². The summed E-state index contributed by atoms with van der Waals surface area (Å²) in [6.45, 7) is 0. The average molecular weight is 589 g/mol. The fourth-order valence-electron chi connectivity index (χ4n) is 6.19. The van der Waals surface area contributed by atoms with Gasteiger partial charge < -0.3 is 50.6 Å². The van der Waals surface area contributed by atoms with E-state index < -0.39 is 52.1 Å². The molecule has 220 valence electrons. The van der Waals surface area contributed by atoms with E-state index in [1.54, 1.807) is 0 Å². The molecule has 8 N–H and O–H groups in total. The fourth-order valence-corrected chi connectivity index (χ4v) is 6.19. The van der Waals surface area contributed by atoms with E-state index in [1.165, 1.54) is 60.7 Å². The number of aliphatic hydroxyl groups is 1. The minimum atomic E-state index is -1.82. The molecular weight excluding hydrogens is 564 g/mol. The molecule has 0 fully saturated rings. The van der Waals surface area contributed by atoms with Gasteiger partial charge in [-0.25, -0.2) is 0 Å². The SMILES string of the molecule is NC1C2c3cc([N+](=O)[O-])ccc3OC1(c1ccc(O)c(O)c1)Oc1cc(O)c3c(c12)O[C@H](c1ccc(O)c(O)c1)[C@@H](O)C3. The molecule has 13 heteroatoms. The van der Waals surface area contributed by atoms with Crippen molar-refractivity contribution < 1.29 is 49.8 Å². The van der Waals surface area contributed by atoms with Gasteiger partial charge in [0.1, 0.15) is 29.1 Å². The Morgan fingerprint density at radius 3 is 2.23 bits per heavy atom. The molecule has 4 aromatic carbocycles. The molecule has 0 saturated carbocycles. The van der Waals surface area contributed by atoms with Crippen LogP contribution in [0.5, 0.6) is 46.0 Å². The van der Waals surface area contributed by atoms with Gasteiger partial charge in [0.25, 0.3) is 11.5 Å². The summed E-state index contributed by atoms with van der Waals surface area (Å²) in [6.07, 6.45) is -2.29. The van der Waals surface area contributed by atoms with Crippen molar-refractivity contribution in [1.82, 2.24) is 0 Å². The number of phenolic OH excluding ortho intramolecular Hbond substituents is 5. The Balaban J connectivity index is 1.47. The zero-order valence-corrected chi connectivity index (χ0v) is 22.0. The van der Waals surface area contributed by atoms with Crippen LogP contribution in [0, 0.1) is 10.1 Å². The molecule has 0 saturated heterocycles. The van der Waals surface area contributed by atoms with Gasteiger partial charge in [0.05, 0.1) is 17.1 Å². The first-order valence-electron chi connectivity index (χ1n) is 13.2. The number of rotatable bonds is 3. The lowest BCUT2D eigenvalue weighted by Crippen LogP contribution is -2.61. The number of nitrogens with two attached hydrogens (primary N) is 1. The molecule has 3 heterocycles. The van der Waals surface area contributed by atoms with Crippen LogP contribution in [-0.4, -0.2) is 47.7 Å². The maximum Gasteiger partial charge on any atom is 0.294 e. The molecule has 0 spiro atoms. The van der Waals surface area contributed by atoms with Crippen LogP contribution in [0.4, 0.5) is 5.69 Å². The number of aromatic hydroxyl groups is 5. The smallest absolute Gasteiger partial charge is 0.294 e. The molecule has 0 aromatic heterocycles. The molecule has 3 unspecified atom stereocenters. The number of phenols is 5. The maximum absolute atomic E-state index is 11.7. The van der Waals surface area contributed by atoms with Gasteiger partial charge in [-0.3, -0.25) is 10.1 Å². The van der Waals surface area contributed by atoms with E-state index in [9.17, 15) is 40.8 Å². The number of benzene rings is 4. The highest BCUT2D eigenvalue weighted by molar-refractivity contribution is 5.67. The standard InChI is InChI=1S/C30H24N2O11/c31-29-25-16-9-14(32(39)40)3-6-23(16)42-30(29,13-2-5-18(34)21(37)8-13)43-24-11-19(35)15-10-22(38)27(41-28(15)26(24)25)12-1-4-17(33)20(36)7-12/h1-9,11,22,25,27,29,33-38H,10,31H2/t22-,25?,27+,29?,30?/m0/s1. The van der Waals surface area contributed by atoms with Crippen LogP contribution in [0.3, 0.4) is 0 Å². The number of aliphatic hydroxyl groups excluding tert-OH is 1. The van der Waals surface area contributed by atoms with Crippen molar-refractivity contribution in [2.24, 2.45) is 5.73 Å². The molecule has 4 aromatic rings. The monoisotopic (exact) mass is 588 g/mol. The normalized spacial score (nSPS) is 24.8. The molecule has 3 aliphatic heterocycles. The predicted octanol–water partition coefficient (Wildman–Crippen LogP) is 3.26. The Bertz CT molecular complexity index is 1840. The number of nitro benzene ring substituents is 1. The van der Waals surface area contributed by atoms with Crippen molar-refractivity contribution >= 4 is 5.69 Å². The Morgan fingerprint density at radius 2 is 1.53 bits per heavy atom. The predicted molar refractivity (Wildman–Crippen MR) is 147 cm³/mol. The van der Waals surface area contributed by atoms with E-state index in [0.29, 0.717) is 16.7 Å². The molecule has 3 aliphatic rings. The number of ether oxygens (including phenoxy) is 3. The molecule has 5 atom stereocenters. The minimum Gasteiger partial charge on any atom is -0.507 e. The van der Waals surface area contributed by atoms with Crippen molar-refractivity contribution in [3.63, 3.8) is 0 Å². The molecule has 0 aliphatic carbocycles. The Labute approximate surface area is 242 Å². The second-order valence-corrected chi connectivity index (χ2v) is 10.7. The molecule has 2 bridgehead atoms. The van der Waals surface area contributed by atoms with Crippen molar-refractivity contribution in [2.45, 2.75) is 36.4 Å². The lowest BCUT2D eigenvalue weighted by molar-refractivity contribution is -0.385. The van der Waals surface area contributed by atoms with Gasteiger partial charge in [-0.15, -0.1) is 0 Å². The van der Waals surface area contributed by atoms with Gasteiger partial charge in [-0.2, -0.15) is 0 Å². The highest BCUT2D eigenvalue weighted by Crippen LogP contribution is 2.60. The summed E-state index contributed by atoms with van der Waals surface area (Å²) in [5.41, 5.74) is 8.14. The van der Waals surface area contributed by atoms with Crippen molar-refractivity contribution in [3.05, 3.63) is 98.6 Å². The molecule has 0 radical (unpaired) electrons. The third-order valence-electron chi connectivity index (χ3n) is 8.25.